The molecular formula is C10H9ClN2O3S. The van der Waals surface area contributed by atoms with Crippen LogP contribution >= 0.6 is 11.6 Å². The molecule has 1 saturated heterocycles. The van der Waals surface area contributed by atoms with Crippen molar-refractivity contribution in [3.8, 4) is 6.07 Å². The molecule has 0 spiro atoms. The summed E-state index contributed by atoms with van der Waals surface area (Å²) in [5, 5.41) is 17.8. The van der Waals surface area contributed by atoms with Crippen LogP contribution in [0.2, 0.25) is 5.02 Å². The van der Waals surface area contributed by atoms with Gasteiger partial charge < -0.3 is 5.11 Å². The molecule has 17 heavy (non-hydrogen) atoms. The average Bonchev–Trinajstić information content (AvgIpc) is 2.24. The predicted octanol–water partition coefficient (Wildman–Crippen LogP) is 0.577. The quantitative estimate of drug-likeness (QED) is 0.854. The molecule has 0 radical (unpaired) electrons. The Morgan fingerprint density at radius 2 is 2.12 bits per heavy atom. The average molecular weight is 273 g/mol. The van der Waals surface area contributed by atoms with Crippen LogP contribution in [0.1, 0.15) is 5.56 Å². The molecule has 0 bridgehead atoms. The maximum Gasteiger partial charge on any atom is 0.244 e. The highest BCUT2D eigenvalue weighted by Gasteiger charge is 2.36. The molecule has 0 saturated carbocycles. The topological polar surface area (TPSA) is 81.4 Å². The number of hydrogen-bond acceptors (Lipinski definition) is 4. The van der Waals surface area contributed by atoms with E-state index in [0.717, 1.165) is 4.31 Å². The molecule has 5 nitrogen and oxygen atoms in total. The number of aliphatic hydroxyl groups excluding tert-OH is 1. The van der Waals surface area contributed by atoms with E-state index in [4.69, 9.17) is 22.0 Å². The van der Waals surface area contributed by atoms with Crippen LogP contribution in [-0.4, -0.2) is 37.0 Å². The molecule has 0 atom stereocenters. The molecule has 0 aliphatic carbocycles. The van der Waals surface area contributed by atoms with Gasteiger partial charge in [-0.25, -0.2) is 8.42 Å². The number of benzene rings is 1. The van der Waals surface area contributed by atoms with E-state index in [2.05, 4.69) is 0 Å². The monoisotopic (exact) mass is 272 g/mol. The zero-order valence-electron chi connectivity index (χ0n) is 8.67. The van der Waals surface area contributed by atoms with E-state index in [-0.39, 0.29) is 23.0 Å². The third kappa shape index (κ3) is 2.15. The lowest BCUT2D eigenvalue weighted by Gasteiger charge is -2.34. The van der Waals surface area contributed by atoms with Crippen molar-refractivity contribution in [2.24, 2.45) is 0 Å². The van der Waals surface area contributed by atoms with Crippen LogP contribution in [0.4, 0.5) is 0 Å². The Labute approximate surface area is 104 Å². The highest BCUT2D eigenvalue weighted by Crippen LogP contribution is 2.28. The number of halogens is 1. The Balaban J connectivity index is 2.38. The Morgan fingerprint density at radius 1 is 1.47 bits per heavy atom. The van der Waals surface area contributed by atoms with Gasteiger partial charge in [0.05, 0.1) is 22.8 Å². The lowest BCUT2D eigenvalue weighted by Crippen LogP contribution is -2.53. The molecule has 1 fully saturated rings. The molecule has 1 aromatic carbocycles. The Morgan fingerprint density at radius 3 is 2.59 bits per heavy atom. The first-order valence-corrected chi connectivity index (χ1v) is 6.65. The van der Waals surface area contributed by atoms with Gasteiger partial charge in [-0.2, -0.15) is 9.57 Å². The second kappa shape index (κ2) is 4.27. The number of hydrogen-bond donors (Lipinski definition) is 1. The number of nitrogens with zero attached hydrogens (tertiary/aromatic N) is 2. The summed E-state index contributed by atoms with van der Waals surface area (Å²) in [7, 11) is -3.66. The summed E-state index contributed by atoms with van der Waals surface area (Å²) in [5.74, 6) is 0. The van der Waals surface area contributed by atoms with Gasteiger partial charge in [0.15, 0.2) is 0 Å². The molecule has 2 rings (SSSR count). The SMILES string of the molecule is N#Cc1ccc(S(=O)(=O)N2CC(O)C2)c(Cl)c1. The van der Waals surface area contributed by atoms with E-state index < -0.39 is 16.1 Å². The van der Waals surface area contributed by atoms with Crippen molar-refractivity contribution in [2.75, 3.05) is 13.1 Å². The normalized spacial score (nSPS) is 17.5. The van der Waals surface area contributed by atoms with Crippen LogP contribution < -0.4 is 0 Å². The van der Waals surface area contributed by atoms with Crippen molar-refractivity contribution in [3.63, 3.8) is 0 Å². The second-order valence-corrected chi connectivity index (χ2v) is 6.05. The van der Waals surface area contributed by atoms with Gasteiger partial charge in [-0.1, -0.05) is 11.6 Å². The van der Waals surface area contributed by atoms with Gasteiger partial charge >= 0.3 is 0 Å². The first-order chi connectivity index (χ1) is 7.95. The van der Waals surface area contributed by atoms with Crippen LogP contribution in [-0.2, 0) is 10.0 Å². The van der Waals surface area contributed by atoms with E-state index in [1.165, 1.54) is 18.2 Å². The van der Waals surface area contributed by atoms with E-state index in [0.29, 0.717) is 5.56 Å². The minimum Gasteiger partial charge on any atom is -0.390 e. The number of sulfonamides is 1. The second-order valence-electron chi connectivity index (χ2n) is 3.73. The van der Waals surface area contributed by atoms with Gasteiger partial charge in [0.25, 0.3) is 0 Å². The van der Waals surface area contributed by atoms with Crippen molar-refractivity contribution in [1.82, 2.24) is 4.31 Å². The third-order valence-corrected chi connectivity index (χ3v) is 4.82. The first-order valence-electron chi connectivity index (χ1n) is 4.83. The van der Waals surface area contributed by atoms with Crippen LogP contribution in [0.15, 0.2) is 23.1 Å². The van der Waals surface area contributed by atoms with Gasteiger partial charge in [0, 0.05) is 13.1 Å². The molecule has 0 unspecified atom stereocenters. The molecule has 90 valence electrons. The van der Waals surface area contributed by atoms with Crippen molar-refractivity contribution < 1.29 is 13.5 Å². The summed E-state index contributed by atoms with van der Waals surface area (Å²) in [6, 6.07) is 5.89. The van der Waals surface area contributed by atoms with Crippen molar-refractivity contribution in [2.45, 2.75) is 11.0 Å². The largest absolute Gasteiger partial charge is 0.390 e. The minimum atomic E-state index is -3.66. The molecule has 7 heteroatoms. The third-order valence-electron chi connectivity index (χ3n) is 2.51. The molecule has 1 heterocycles. The molecule has 1 aliphatic heterocycles. The summed E-state index contributed by atoms with van der Waals surface area (Å²) in [4.78, 5) is -0.0370. The fourth-order valence-corrected chi connectivity index (χ4v) is 3.56. The Hall–Kier alpha value is -1.13. The van der Waals surface area contributed by atoms with E-state index in [1.807, 2.05) is 6.07 Å². The maximum atomic E-state index is 12.0. The van der Waals surface area contributed by atoms with E-state index in [1.54, 1.807) is 0 Å². The molecule has 1 N–H and O–H groups in total. The fraction of sp³-hybridized carbons (Fsp3) is 0.300. The Kier molecular flexibility index (Phi) is 3.10. The summed E-state index contributed by atoms with van der Waals surface area (Å²) in [5.41, 5.74) is 0.303. The van der Waals surface area contributed by atoms with Crippen molar-refractivity contribution in [1.29, 1.82) is 5.26 Å². The van der Waals surface area contributed by atoms with Crippen LogP contribution in [0.5, 0.6) is 0 Å². The Bertz CT molecular complexity index is 588. The van der Waals surface area contributed by atoms with Gasteiger partial charge in [-0.15, -0.1) is 0 Å². The van der Waals surface area contributed by atoms with E-state index in [9.17, 15) is 8.42 Å². The minimum absolute atomic E-state index is 0.0189. The summed E-state index contributed by atoms with van der Waals surface area (Å²) in [6.07, 6.45) is -0.609. The van der Waals surface area contributed by atoms with Crippen molar-refractivity contribution in [3.05, 3.63) is 28.8 Å². The van der Waals surface area contributed by atoms with Crippen molar-refractivity contribution >= 4 is 21.6 Å². The highest BCUT2D eigenvalue weighted by molar-refractivity contribution is 7.89. The lowest BCUT2D eigenvalue weighted by molar-refractivity contribution is 0.0548. The van der Waals surface area contributed by atoms with Gasteiger partial charge in [0.1, 0.15) is 4.90 Å². The molecule has 1 aromatic rings. The van der Waals surface area contributed by atoms with Gasteiger partial charge in [-0.05, 0) is 18.2 Å². The smallest absolute Gasteiger partial charge is 0.244 e. The zero-order chi connectivity index (χ0) is 12.6. The predicted molar refractivity (Wildman–Crippen MR) is 60.9 cm³/mol. The zero-order valence-corrected chi connectivity index (χ0v) is 10.2. The molecular weight excluding hydrogens is 264 g/mol. The molecule has 1 aliphatic rings. The van der Waals surface area contributed by atoms with Crippen LogP contribution in [0.3, 0.4) is 0 Å². The highest BCUT2D eigenvalue weighted by atomic mass is 35.5. The summed E-state index contributed by atoms with van der Waals surface area (Å²) < 4.78 is 25.2. The number of aliphatic hydroxyl groups is 1. The number of rotatable bonds is 2. The van der Waals surface area contributed by atoms with Gasteiger partial charge in [-0.3, -0.25) is 0 Å². The molecule has 0 amide bonds. The lowest BCUT2D eigenvalue weighted by atomic mass is 10.2. The number of β-amino-alcohol motifs (C(OH)–C–C–N with tert-alkyl or cyclic N) is 1. The van der Waals surface area contributed by atoms with Crippen LogP contribution in [0, 0.1) is 11.3 Å². The fourth-order valence-electron chi connectivity index (χ4n) is 1.53. The van der Waals surface area contributed by atoms with E-state index >= 15 is 0 Å². The van der Waals surface area contributed by atoms with Crippen LogP contribution in [0.25, 0.3) is 0 Å². The maximum absolute atomic E-state index is 12.0. The first kappa shape index (κ1) is 12.3. The number of nitriles is 1. The standard InChI is InChI=1S/C10H9ClN2O3S/c11-9-3-7(4-12)1-2-10(9)17(15,16)13-5-8(14)6-13/h1-3,8,14H,5-6H2. The van der Waals surface area contributed by atoms with Gasteiger partial charge in [0.2, 0.25) is 10.0 Å². The summed E-state index contributed by atoms with van der Waals surface area (Å²) in [6.45, 7) is 0.164. The molecule has 0 aromatic heterocycles. The summed E-state index contributed by atoms with van der Waals surface area (Å²) >= 11 is 5.83.